The SMILES string of the molecule is CCC(=O)N(CCC(=O)O)Cc1ccc(C)cc1.CCCOCCOCCNC(=O)CCC(NC(=O)CC)C(=O)O.CCCOCCOCCNC(=O)CCS(=O)(=O)NC(=O)CC.CCCS(=O)(=O)NC(=O)CC.CCOCCOCCNC(=O)COCCOCCNC(=O)CCC(NC(=O)CC)C(=O)O.CCOCCOCCNC(=O)COCCOCCNC(=O)CCS(=O)(=O)NC(=O)CC. The Morgan fingerprint density at radius 3 is 0.854 bits per heavy atom. The minimum Gasteiger partial charge on any atom is -0.481 e. The molecule has 0 radical (unpaired) electrons. The van der Waals surface area contributed by atoms with Crippen LogP contribution in [0.4, 0.5) is 0 Å². The number of carboxylic acids is 3. The largest absolute Gasteiger partial charge is 0.481 e. The van der Waals surface area contributed by atoms with Crippen LogP contribution in [0.25, 0.3) is 0 Å². The van der Waals surface area contributed by atoms with E-state index < -0.39 is 101 Å². The van der Waals surface area contributed by atoms with Crippen LogP contribution in [0.5, 0.6) is 0 Å². The number of nitrogens with zero attached hydrogens (tertiary/aromatic N) is 1. The molecule has 2 atom stereocenters. The summed E-state index contributed by atoms with van der Waals surface area (Å²) in [5.74, 6) is -8.46. The number of sulfonamides is 3. The van der Waals surface area contributed by atoms with E-state index >= 15 is 0 Å². The molecule has 12 amide bonds. The molecule has 0 aliphatic carbocycles. The molecule has 1 aromatic carbocycles. The standard InChI is InChI=1S/C20H37N3O9.C18H35N3O9S.C15H28N2O6.C14H19NO3.C13H26N2O6S.C6H13NO3S/c1-3-17(24)23-16(20(27)28)5-6-18(25)21-7-9-31-13-14-32-15-19(26)22-8-10-30-12-11-29-4-2;1-3-16(22)21-31(25,26)14-5-17(23)19-6-8-29-12-13-30-15-18(24)20-7-9-28-11-10-27-4-2;1-3-8-22-10-11-23-9-7-16-14(19)6-5-12(15(20)21)17-13(18)4-2;1-3-13(16)15(9-8-14(17)18)10-12-6-4-11(2)5-7-12;1-3-7-20-9-10-21-8-6-14-13(17)5-11-22(18,19)15-12(16)4-2;1-3-5-11(9,10)7-6(8)4-2/h16H,3-15H2,1-2H3,(H,21,25)(H,22,26)(H,23,24)(H,27,28);3-15H2,1-2H3,(H,19,23)(H,20,24)(H,21,22);12H,3-11H2,1-2H3,(H,16,19)(H,17,18)(H,20,21);4-7H,3,8-10H2,1-2H3,(H,17,18);3-11H2,1-2H3,(H,14,17)(H,15,16);3-5H2,1-2H3,(H,7,8). The molecule has 0 bridgehead atoms. The smallest absolute Gasteiger partial charge is 0.326 e. The summed E-state index contributed by atoms with van der Waals surface area (Å²) < 4.78 is 136. The maximum absolute atomic E-state index is 11.8. The number of nitrogens with one attached hydrogen (secondary N) is 11. The Balaban J connectivity index is -0.000000521. The quantitative estimate of drug-likeness (QED) is 0.0387. The van der Waals surface area contributed by atoms with E-state index in [0.29, 0.717) is 151 Å². The first-order valence-electron chi connectivity index (χ1n) is 45.9. The zero-order valence-corrected chi connectivity index (χ0v) is 84.5. The van der Waals surface area contributed by atoms with Gasteiger partial charge in [-0.2, -0.15) is 0 Å². The van der Waals surface area contributed by atoms with Crippen molar-refractivity contribution in [1.29, 1.82) is 0 Å². The summed E-state index contributed by atoms with van der Waals surface area (Å²) in [4.78, 5) is 171. The van der Waals surface area contributed by atoms with Crippen LogP contribution in [0.2, 0.25) is 0 Å². The van der Waals surface area contributed by atoms with Crippen LogP contribution in [0.1, 0.15) is 190 Å². The molecule has 2 unspecified atom stereocenters. The zero-order chi connectivity index (χ0) is 104. The van der Waals surface area contributed by atoms with Crippen molar-refractivity contribution in [2.24, 2.45) is 0 Å². The van der Waals surface area contributed by atoms with Crippen LogP contribution in [-0.4, -0.2) is 368 Å². The third kappa shape index (κ3) is 96.7. The molecule has 1 rings (SSSR count). The van der Waals surface area contributed by atoms with Crippen molar-refractivity contribution in [3.05, 3.63) is 35.4 Å². The van der Waals surface area contributed by atoms with E-state index in [9.17, 15) is 97.2 Å². The summed E-state index contributed by atoms with van der Waals surface area (Å²) in [5.41, 5.74) is 2.19. The molecule has 137 heavy (non-hydrogen) atoms. The van der Waals surface area contributed by atoms with Gasteiger partial charge in [0.05, 0.1) is 143 Å². The molecule has 48 nitrogen and oxygen atoms in total. The number of aliphatic carboxylic acids is 3. The Labute approximate surface area is 807 Å². The van der Waals surface area contributed by atoms with Crippen molar-refractivity contribution >= 4 is 119 Å². The van der Waals surface area contributed by atoms with Crippen molar-refractivity contribution < 1.29 is 169 Å². The van der Waals surface area contributed by atoms with Crippen LogP contribution in [0.15, 0.2) is 24.3 Å². The summed E-state index contributed by atoms with van der Waals surface area (Å²) in [7, 11) is -10.9. The predicted octanol–water partition coefficient (Wildman–Crippen LogP) is 0.174. The van der Waals surface area contributed by atoms with Crippen LogP contribution < -0.4 is 56.7 Å². The number of ether oxygens (including phenoxy) is 12. The molecule has 796 valence electrons. The highest BCUT2D eigenvalue weighted by atomic mass is 32.2. The fourth-order valence-corrected chi connectivity index (χ4v) is 12.6. The lowest BCUT2D eigenvalue weighted by Gasteiger charge is -2.21. The Bertz CT molecular complexity index is 3810. The zero-order valence-electron chi connectivity index (χ0n) is 82.0. The number of carbonyl (C=O) groups is 15. The van der Waals surface area contributed by atoms with Gasteiger partial charge in [0, 0.05) is 143 Å². The number of carboxylic acid groups (broad SMARTS) is 3. The number of benzene rings is 1. The van der Waals surface area contributed by atoms with E-state index in [1.165, 1.54) is 6.92 Å². The highest BCUT2D eigenvalue weighted by molar-refractivity contribution is 7.90. The van der Waals surface area contributed by atoms with Gasteiger partial charge in [-0.3, -0.25) is 76.5 Å². The Morgan fingerprint density at radius 1 is 0.307 bits per heavy atom. The van der Waals surface area contributed by atoms with E-state index in [1.807, 2.05) is 73.1 Å². The molecule has 1 aromatic rings. The van der Waals surface area contributed by atoms with Crippen molar-refractivity contribution in [1.82, 2.24) is 61.6 Å². The molecular weight excluding hydrogens is 1870 g/mol. The number of hydrogen-bond donors (Lipinski definition) is 14. The van der Waals surface area contributed by atoms with Crippen LogP contribution in [0.3, 0.4) is 0 Å². The normalized spacial score (nSPS) is 11.2. The van der Waals surface area contributed by atoms with Gasteiger partial charge < -0.3 is 120 Å². The monoisotopic (exact) mass is 2030 g/mol. The van der Waals surface area contributed by atoms with Crippen LogP contribution in [0, 0.1) is 6.92 Å². The van der Waals surface area contributed by atoms with E-state index in [0.717, 1.165) is 24.0 Å². The van der Waals surface area contributed by atoms with Crippen molar-refractivity contribution in [2.45, 2.75) is 204 Å². The first-order valence-corrected chi connectivity index (χ1v) is 50.8. The number of carbonyl (C=O) groups excluding carboxylic acids is 12. The second-order valence-corrected chi connectivity index (χ2v) is 34.1. The molecule has 51 heteroatoms. The topological polar surface area (TPSA) is 665 Å². The van der Waals surface area contributed by atoms with Gasteiger partial charge >= 0.3 is 17.9 Å². The van der Waals surface area contributed by atoms with Gasteiger partial charge in [-0.15, -0.1) is 0 Å². The molecule has 0 saturated carbocycles. The fraction of sp³-hybridized carbons (Fsp3) is 0.756. The molecule has 0 spiro atoms. The second kappa shape index (κ2) is 93.0. The highest BCUT2D eigenvalue weighted by Gasteiger charge is 2.24. The van der Waals surface area contributed by atoms with E-state index in [-0.39, 0.29) is 197 Å². The lowest BCUT2D eigenvalue weighted by atomic mass is 10.1. The molecular formula is C86H158N12O36S3. The minimum atomic E-state index is -3.81. The Morgan fingerprint density at radius 2 is 0.584 bits per heavy atom. The molecule has 14 N–H and O–H groups in total. The van der Waals surface area contributed by atoms with Crippen molar-refractivity contribution in [3.8, 4) is 0 Å². The molecule has 0 fully saturated rings. The first kappa shape index (κ1) is 136. The van der Waals surface area contributed by atoms with Crippen LogP contribution >= 0.6 is 0 Å². The minimum absolute atomic E-state index is 0.00304. The summed E-state index contributed by atoms with van der Waals surface area (Å²) in [5, 5.41) is 47.0. The highest BCUT2D eigenvalue weighted by Crippen LogP contribution is 2.10. The van der Waals surface area contributed by atoms with Gasteiger partial charge in [0.2, 0.25) is 101 Å². The molecule has 0 heterocycles. The maximum Gasteiger partial charge on any atom is 0.326 e. The van der Waals surface area contributed by atoms with Gasteiger partial charge in [0.1, 0.15) is 25.3 Å². The third-order valence-corrected chi connectivity index (χ3v) is 20.7. The van der Waals surface area contributed by atoms with Crippen molar-refractivity contribution in [3.63, 3.8) is 0 Å². The van der Waals surface area contributed by atoms with E-state index in [2.05, 4.69) is 42.5 Å². The molecule has 0 aliphatic heterocycles. The molecule has 0 aliphatic rings. The summed E-state index contributed by atoms with van der Waals surface area (Å²) >= 11 is 0. The molecule has 0 saturated heterocycles. The van der Waals surface area contributed by atoms with Crippen molar-refractivity contribution in [2.75, 3.05) is 222 Å². The van der Waals surface area contributed by atoms with Gasteiger partial charge in [0.25, 0.3) is 0 Å². The van der Waals surface area contributed by atoms with Gasteiger partial charge in [-0.25, -0.2) is 34.8 Å². The lowest BCUT2D eigenvalue weighted by Crippen LogP contribution is -2.41. The van der Waals surface area contributed by atoms with E-state index in [4.69, 9.17) is 72.2 Å². The van der Waals surface area contributed by atoms with E-state index in [1.54, 1.807) is 46.4 Å². The van der Waals surface area contributed by atoms with Crippen LogP contribution in [-0.2, 0) is 165 Å². The Hall–Kier alpha value is -9.36. The number of rotatable bonds is 78. The summed E-state index contributed by atoms with van der Waals surface area (Å²) in [6.45, 7) is 33.3. The van der Waals surface area contributed by atoms with Gasteiger partial charge in [-0.05, 0) is 58.4 Å². The number of amides is 12. The Kier molecular flexibility index (Phi) is 92.4. The average molecular weight is 2030 g/mol. The number of aryl methyl sites for hydroxylation is 1. The lowest BCUT2D eigenvalue weighted by molar-refractivity contribution is -0.142. The average Bonchev–Trinajstić information content (AvgIpc) is 1.06. The first-order chi connectivity index (χ1) is 65.2. The second-order valence-electron chi connectivity index (χ2n) is 28.6. The predicted molar refractivity (Wildman–Crippen MR) is 503 cm³/mol. The van der Waals surface area contributed by atoms with Gasteiger partial charge in [0.15, 0.2) is 0 Å². The fourth-order valence-electron chi connectivity index (χ4n) is 9.39. The summed E-state index contributed by atoms with van der Waals surface area (Å²) in [6.07, 6.45) is 3.10. The number of hydrogen-bond acceptors (Lipinski definition) is 33. The van der Waals surface area contributed by atoms with Gasteiger partial charge in [-0.1, -0.05) is 92.1 Å². The third-order valence-electron chi connectivity index (χ3n) is 16.6. The maximum atomic E-state index is 11.8. The summed E-state index contributed by atoms with van der Waals surface area (Å²) in [6, 6.07) is 5.77. The molecule has 0 aromatic heterocycles.